The molecule has 2 atom stereocenters. The van der Waals surface area contributed by atoms with Gasteiger partial charge in [-0.3, -0.25) is 0 Å². The summed E-state index contributed by atoms with van der Waals surface area (Å²) in [6.45, 7) is 6.11. The Morgan fingerprint density at radius 3 is 2.50 bits per heavy atom. The molecule has 0 aromatic rings. The molecule has 0 saturated heterocycles. The number of hydrogen-bond donors (Lipinski definition) is 2. The number of hydrogen-bond acceptors (Lipinski definition) is 3. The van der Waals surface area contributed by atoms with E-state index in [2.05, 4.69) is 31.1 Å². The number of rotatable bonds is 1. The zero-order chi connectivity index (χ0) is 10.8. The third kappa shape index (κ3) is 2.96. The van der Waals surface area contributed by atoms with Crippen LogP contribution in [0.1, 0.15) is 0 Å². The molecular formula is C10H16O3Si. The number of aliphatic hydroxyl groups is 2. The second kappa shape index (κ2) is 3.87. The molecule has 0 radical (unpaired) electrons. The average Bonchev–Trinajstić information content (AvgIpc) is 2.44. The fourth-order valence-corrected chi connectivity index (χ4v) is 1.61. The van der Waals surface area contributed by atoms with E-state index in [9.17, 15) is 0 Å². The molecule has 14 heavy (non-hydrogen) atoms. The topological polar surface area (TPSA) is 49.7 Å². The van der Waals surface area contributed by atoms with E-state index in [1.807, 2.05) is 0 Å². The zero-order valence-electron chi connectivity index (χ0n) is 8.74. The summed E-state index contributed by atoms with van der Waals surface area (Å²) in [6.07, 6.45) is 2.16. The minimum atomic E-state index is -1.48. The SMILES string of the molecule is C[Si](C)(C)C#CC1(CO)C=CC(O)O1. The summed E-state index contributed by atoms with van der Waals surface area (Å²) in [6, 6.07) is 0. The Balaban J connectivity index is 2.82. The third-order valence-electron chi connectivity index (χ3n) is 1.75. The standard InChI is InChI=1S/C10H16O3Si/c1-14(2,3)7-6-10(8-11)5-4-9(12)13-10/h4-5,9,11-12H,8H2,1-3H3. The molecule has 0 bridgehead atoms. The van der Waals surface area contributed by atoms with Gasteiger partial charge in [-0.05, 0) is 12.2 Å². The van der Waals surface area contributed by atoms with Gasteiger partial charge in [-0.15, -0.1) is 5.54 Å². The van der Waals surface area contributed by atoms with Crippen LogP contribution < -0.4 is 0 Å². The van der Waals surface area contributed by atoms with Crippen molar-refractivity contribution in [2.75, 3.05) is 6.61 Å². The Kier molecular flexibility index (Phi) is 3.17. The van der Waals surface area contributed by atoms with Gasteiger partial charge < -0.3 is 14.9 Å². The van der Waals surface area contributed by atoms with Crippen LogP contribution in [0.15, 0.2) is 12.2 Å². The van der Waals surface area contributed by atoms with Crippen LogP contribution in [0.25, 0.3) is 0 Å². The Bertz CT molecular complexity index is 295. The molecule has 1 heterocycles. The van der Waals surface area contributed by atoms with E-state index in [0.29, 0.717) is 0 Å². The van der Waals surface area contributed by atoms with E-state index >= 15 is 0 Å². The zero-order valence-corrected chi connectivity index (χ0v) is 9.74. The van der Waals surface area contributed by atoms with E-state index in [1.54, 1.807) is 6.08 Å². The summed E-state index contributed by atoms with van der Waals surface area (Å²) in [5, 5.41) is 18.3. The summed E-state index contributed by atoms with van der Waals surface area (Å²) < 4.78 is 5.14. The van der Waals surface area contributed by atoms with Crippen molar-refractivity contribution in [2.24, 2.45) is 0 Å². The first-order chi connectivity index (χ1) is 6.37. The van der Waals surface area contributed by atoms with Crippen LogP contribution in [0.5, 0.6) is 0 Å². The van der Waals surface area contributed by atoms with E-state index in [-0.39, 0.29) is 6.61 Å². The van der Waals surface area contributed by atoms with Gasteiger partial charge in [-0.2, -0.15) is 0 Å². The summed E-state index contributed by atoms with van der Waals surface area (Å²) in [4.78, 5) is 0. The van der Waals surface area contributed by atoms with Crippen LogP contribution in [0.3, 0.4) is 0 Å². The Labute approximate surface area is 85.4 Å². The molecule has 0 amide bonds. The quantitative estimate of drug-likeness (QED) is 0.378. The molecule has 4 heteroatoms. The van der Waals surface area contributed by atoms with E-state index in [1.165, 1.54) is 6.08 Å². The summed E-state index contributed by atoms with van der Waals surface area (Å²) in [5.74, 6) is 2.91. The van der Waals surface area contributed by atoms with Crippen LogP contribution in [0.4, 0.5) is 0 Å². The Hall–Kier alpha value is -0.603. The van der Waals surface area contributed by atoms with Crippen LogP contribution in [0, 0.1) is 11.5 Å². The maximum Gasteiger partial charge on any atom is 0.176 e. The number of ether oxygens (including phenoxy) is 1. The molecule has 1 rings (SSSR count). The lowest BCUT2D eigenvalue weighted by Crippen LogP contribution is -2.33. The molecule has 2 unspecified atom stereocenters. The molecule has 0 saturated carbocycles. The highest BCUT2D eigenvalue weighted by molar-refractivity contribution is 6.83. The fraction of sp³-hybridized carbons (Fsp3) is 0.600. The average molecular weight is 212 g/mol. The second-order valence-electron chi connectivity index (χ2n) is 4.42. The highest BCUT2D eigenvalue weighted by Crippen LogP contribution is 2.21. The first kappa shape index (κ1) is 11.5. The normalized spacial score (nSPS) is 31.4. The molecule has 0 aromatic heterocycles. The van der Waals surface area contributed by atoms with Gasteiger partial charge in [-0.25, -0.2) is 0 Å². The van der Waals surface area contributed by atoms with Gasteiger partial charge in [0.25, 0.3) is 0 Å². The molecule has 0 aromatic carbocycles. The van der Waals surface area contributed by atoms with E-state index in [0.717, 1.165) is 0 Å². The van der Waals surface area contributed by atoms with Crippen LogP contribution in [0.2, 0.25) is 19.6 Å². The Morgan fingerprint density at radius 2 is 2.14 bits per heavy atom. The van der Waals surface area contributed by atoms with Gasteiger partial charge in [0, 0.05) is 0 Å². The van der Waals surface area contributed by atoms with Gasteiger partial charge in [-0.1, -0.05) is 25.6 Å². The van der Waals surface area contributed by atoms with Gasteiger partial charge in [0.2, 0.25) is 0 Å². The van der Waals surface area contributed by atoms with E-state index < -0.39 is 20.0 Å². The van der Waals surface area contributed by atoms with Crippen LogP contribution >= 0.6 is 0 Å². The molecule has 3 nitrogen and oxygen atoms in total. The van der Waals surface area contributed by atoms with Crippen LogP contribution in [-0.4, -0.2) is 36.8 Å². The molecule has 1 aliphatic rings. The molecule has 0 fully saturated rings. The predicted octanol–water partition coefficient (Wildman–Crippen LogP) is 0.503. The van der Waals surface area contributed by atoms with Crippen molar-refractivity contribution in [3.05, 3.63) is 12.2 Å². The van der Waals surface area contributed by atoms with Crippen molar-refractivity contribution >= 4 is 8.07 Å². The van der Waals surface area contributed by atoms with Gasteiger partial charge in [0.1, 0.15) is 8.07 Å². The minimum Gasteiger partial charge on any atom is -0.392 e. The lowest BCUT2D eigenvalue weighted by molar-refractivity contribution is -0.114. The second-order valence-corrected chi connectivity index (χ2v) is 9.17. The first-order valence-corrected chi connectivity index (χ1v) is 8.07. The maximum absolute atomic E-state index is 9.16. The predicted molar refractivity (Wildman–Crippen MR) is 57.2 cm³/mol. The smallest absolute Gasteiger partial charge is 0.176 e. The van der Waals surface area contributed by atoms with Crippen molar-refractivity contribution in [3.8, 4) is 11.5 Å². The van der Waals surface area contributed by atoms with Gasteiger partial charge in [0.05, 0.1) is 6.61 Å². The van der Waals surface area contributed by atoms with Crippen molar-refractivity contribution in [3.63, 3.8) is 0 Å². The van der Waals surface area contributed by atoms with Gasteiger partial charge in [0.15, 0.2) is 11.9 Å². The summed E-state index contributed by atoms with van der Waals surface area (Å²) in [5.41, 5.74) is 2.13. The molecule has 0 spiro atoms. The molecular weight excluding hydrogens is 196 g/mol. The monoisotopic (exact) mass is 212 g/mol. The molecule has 0 aliphatic carbocycles. The largest absolute Gasteiger partial charge is 0.392 e. The summed E-state index contributed by atoms with van der Waals surface area (Å²) >= 11 is 0. The first-order valence-electron chi connectivity index (χ1n) is 4.57. The van der Waals surface area contributed by atoms with E-state index in [4.69, 9.17) is 14.9 Å². The lowest BCUT2D eigenvalue weighted by atomic mass is 10.1. The maximum atomic E-state index is 9.16. The Morgan fingerprint density at radius 1 is 1.50 bits per heavy atom. The van der Waals surface area contributed by atoms with Crippen molar-refractivity contribution < 1.29 is 14.9 Å². The third-order valence-corrected chi connectivity index (χ3v) is 2.62. The van der Waals surface area contributed by atoms with Crippen molar-refractivity contribution in [1.82, 2.24) is 0 Å². The minimum absolute atomic E-state index is 0.224. The molecule has 1 aliphatic heterocycles. The van der Waals surface area contributed by atoms with Crippen molar-refractivity contribution in [1.29, 1.82) is 0 Å². The van der Waals surface area contributed by atoms with Gasteiger partial charge >= 0.3 is 0 Å². The van der Waals surface area contributed by atoms with Crippen molar-refractivity contribution in [2.45, 2.75) is 31.5 Å². The lowest BCUT2D eigenvalue weighted by Gasteiger charge is -2.19. The van der Waals surface area contributed by atoms with Crippen LogP contribution in [-0.2, 0) is 4.74 Å². The highest BCUT2D eigenvalue weighted by Gasteiger charge is 2.32. The number of aliphatic hydroxyl groups excluding tert-OH is 2. The molecule has 78 valence electrons. The molecule has 2 N–H and O–H groups in total. The summed E-state index contributed by atoms with van der Waals surface area (Å²) in [7, 11) is -1.48. The highest BCUT2D eigenvalue weighted by atomic mass is 28.3. The fourth-order valence-electron chi connectivity index (χ4n) is 1.03.